The Hall–Kier alpha value is -1.49. The number of carboxylic acids is 1. The molecule has 0 amide bonds. The third-order valence-corrected chi connectivity index (χ3v) is 3.78. The number of benzene rings is 1. The van der Waals surface area contributed by atoms with E-state index < -0.39 is 23.6 Å². The molecule has 2 N–H and O–H groups in total. The Balaban J connectivity index is 2.13. The molecule has 110 valence electrons. The highest BCUT2D eigenvalue weighted by molar-refractivity contribution is 5.75. The van der Waals surface area contributed by atoms with E-state index in [1.54, 1.807) is 0 Å². The van der Waals surface area contributed by atoms with Crippen molar-refractivity contribution in [1.29, 1.82) is 0 Å². The van der Waals surface area contributed by atoms with Crippen molar-refractivity contribution >= 4 is 5.97 Å². The molecule has 1 aliphatic rings. The third kappa shape index (κ3) is 3.76. The first-order valence-electron chi connectivity index (χ1n) is 7.01. The monoisotopic (exact) mass is 283 g/mol. The first-order chi connectivity index (χ1) is 9.58. The van der Waals surface area contributed by atoms with Crippen molar-refractivity contribution in [3.8, 4) is 0 Å². The lowest BCUT2D eigenvalue weighted by Gasteiger charge is -2.22. The summed E-state index contributed by atoms with van der Waals surface area (Å²) in [6.07, 6.45) is 6.33. The van der Waals surface area contributed by atoms with Crippen LogP contribution < -0.4 is 5.32 Å². The second kappa shape index (κ2) is 6.79. The second-order valence-corrected chi connectivity index (χ2v) is 5.30. The van der Waals surface area contributed by atoms with Crippen LogP contribution in [0.15, 0.2) is 18.2 Å². The van der Waals surface area contributed by atoms with E-state index in [0.717, 1.165) is 37.8 Å². The minimum Gasteiger partial charge on any atom is -0.480 e. The number of hydrogen-bond acceptors (Lipinski definition) is 2. The second-order valence-electron chi connectivity index (χ2n) is 5.30. The predicted molar refractivity (Wildman–Crippen MR) is 71.4 cm³/mol. The molecule has 20 heavy (non-hydrogen) atoms. The predicted octanol–water partition coefficient (Wildman–Crippen LogP) is 3.40. The molecule has 1 aromatic rings. The van der Waals surface area contributed by atoms with Gasteiger partial charge in [0.2, 0.25) is 0 Å². The fourth-order valence-corrected chi connectivity index (χ4v) is 2.68. The molecule has 1 aromatic carbocycles. The Labute approximate surface area is 117 Å². The van der Waals surface area contributed by atoms with E-state index in [4.69, 9.17) is 0 Å². The maximum Gasteiger partial charge on any atom is 0.325 e. The molecule has 1 atom stereocenters. The first-order valence-corrected chi connectivity index (χ1v) is 7.01. The van der Waals surface area contributed by atoms with Crippen molar-refractivity contribution < 1.29 is 18.7 Å². The number of hydrogen-bond donors (Lipinski definition) is 2. The van der Waals surface area contributed by atoms with Crippen LogP contribution in [-0.2, 0) is 4.79 Å². The van der Waals surface area contributed by atoms with Gasteiger partial charge in [0.1, 0.15) is 6.04 Å². The Morgan fingerprint density at radius 2 is 1.80 bits per heavy atom. The number of carbonyl (C=O) groups is 1. The minimum absolute atomic E-state index is 0.117. The zero-order valence-electron chi connectivity index (χ0n) is 11.2. The summed E-state index contributed by atoms with van der Waals surface area (Å²) in [5.74, 6) is -3.05. The lowest BCUT2D eigenvalue weighted by molar-refractivity contribution is -0.140. The fraction of sp³-hybridized carbons (Fsp3) is 0.533. The van der Waals surface area contributed by atoms with Crippen LogP contribution in [0.2, 0.25) is 0 Å². The van der Waals surface area contributed by atoms with Crippen molar-refractivity contribution in [2.75, 3.05) is 0 Å². The van der Waals surface area contributed by atoms with E-state index in [0.29, 0.717) is 0 Å². The van der Waals surface area contributed by atoms with Crippen LogP contribution in [0, 0.1) is 11.6 Å². The van der Waals surface area contributed by atoms with E-state index in [9.17, 15) is 18.7 Å². The summed E-state index contributed by atoms with van der Waals surface area (Å²) < 4.78 is 26.2. The summed E-state index contributed by atoms with van der Waals surface area (Å²) in [4.78, 5) is 11.4. The van der Waals surface area contributed by atoms with E-state index in [1.165, 1.54) is 18.9 Å². The molecule has 1 aliphatic carbocycles. The molecular weight excluding hydrogens is 264 g/mol. The number of aliphatic carboxylic acids is 1. The summed E-state index contributed by atoms with van der Waals surface area (Å²) in [7, 11) is 0. The van der Waals surface area contributed by atoms with Crippen molar-refractivity contribution in [3.05, 3.63) is 35.4 Å². The van der Waals surface area contributed by atoms with Gasteiger partial charge in [-0.25, -0.2) is 8.78 Å². The van der Waals surface area contributed by atoms with Crippen molar-refractivity contribution in [3.63, 3.8) is 0 Å². The molecule has 1 fully saturated rings. The molecule has 1 saturated carbocycles. The highest BCUT2D eigenvalue weighted by Crippen LogP contribution is 2.22. The van der Waals surface area contributed by atoms with Gasteiger partial charge < -0.3 is 5.11 Å². The highest BCUT2D eigenvalue weighted by Gasteiger charge is 2.24. The van der Waals surface area contributed by atoms with Crippen LogP contribution in [0.1, 0.15) is 50.1 Å². The zero-order valence-corrected chi connectivity index (χ0v) is 11.2. The van der Waals surface area contributed by atoms with Crippen molar-refractivity contribution in [1.82, 2.24) is 5.32 Å². The SMILES string of the molecule is O=C(O)C(NC1CCCCCC1)c1ccc(F)c(F)c1. The lowest BCUT2D eigenvalue weighted by Crippen LogP contribution is -2.36. The molecule has 5 heteroatoms. The summed E-state index contributed by atoms with van der Waals surface area (Å²) in [6.45, 7) is 0. The Morgan fingerprint density at radius 3 is 2.35 bits per heavy atom. The molecule has 3 nitrogen and oxygen atoms in total. The maximum absolute atomic E-state index is 13.3. The molecule has 0 radical (unpaired) electrons. The molecule has 0 heterocycles. The van der Waals surface area contributed by atoms with Gasteiger partial charge in [-0.2, -0.15) is 0 Å². The quantitative estimate of drug-likeness (QED) is 0.833. The normalized spacial score (nSPS) is 18.5. The van der Waals surface area contributed by atoms with Crippen LogP contribution in [0.4, 0.5) is 8.78 Å². The van der Waals surface area contributed by atoms with Gasteiger partial charge in [0.05, 0.1) is 0 Å². The van der Waals surface area contributed by atoms with Gasteiger partial charge in [-0.05, 0) is 30.5 Å². The zero-order chi connectivity index (χ0) is 14.5. The summed E-state index contributed by atoms with van der Waals surface area (Å²) in [5, 5.41) is 12.4. The lowest BCUT2D eigenvalue weighted by atomic mass is 10.0. The van der Waals surface area contributed by atoms with E-state index >= 15 is 0 Å². The Morgan fingerprint density at radius 1 is 1.15 bits per heavy atom. The van der Waals surface area contributed by atoms with E-state index in [2.05, 4.69) is 5.32 Å². The standard InChI is InChI=1S/C15H19F2NO2/c16-12-8-7-10(9-13(12)17)14(15(19)20)18-11-5-3-1-2-4-6-11/h7-9,11,14,18H,1-6H2,(H,19,20). The third-order valence-electron chi connectivity index (χ3n) is 3.78. The number of halogens is 2. The van der Waals surface area contributed by atoms with Crippen molar-refractivity contribution in [2.24, 2.45) is 0 Å². The van der Waals surface area contributed by atoms with Gasteiger partial charge in [0.25, 0.3) is 0 Å². The molecule has 0 aromatic heterocycles. The van der Waals surface area contributed by atoms with Gasteiger partial charge in [-0.15, -0.1) is 0 Å². The number of rotatable bonds is 4. The summed E-state index contributed by atoms with van der Waals surface area (Å²) >= 11 is 0. The molecule has 2 rings (SSSR count). The minimum atomic E-state index is -1.07. The van der Waals surface area contributed by atoms with Gasteiger partial charge >= 0.3 is 5.97 Å². The Bertz CT molecular complexity index is 471. The molecule has 1 unspecified atom stereocenters. The van der Waals surface area contributed by atoms with Crippen LogP contribution >= 0.6 is 0 Å². The van der Waals surface area contributed by atoms with Crippen LogP contribution in [0.3, 0.4) is 0 Å². The average Bonchev–Trinajstić information content (AvgIpc) is 2.67. The molecule has 0 aliphatic heterocycles. The van der Waals surface area contributed by atoms with Gasteiger partial charge in [0.15, 0.2) is 11.6 Å². The van der Waals surface area contributed by atoms with E-state index in [-0.39, 0.29) is 11.6 Å². The van der Waals surface area contributed by atoms with Crippen LogP contribution in [-0.4, -0.2) is 17.1 Å². The van der Waals surface area contributed by atoms with Crippen molar-refractivity contribution in [2.45, 2.75) is 50.6 Å². The van der Waals surface area contributed by atoms with Crippen LogP contribution in [0.25, 0.3) is 0 Å². The largest absolute Gasteiger partial charge is 0.480 e. The molecular formula is C15H19F2NO2. The smallest absolute Gasteiger partial charge is 0.325 e. The highest BCUT2D eigenvalue weighted by atomic mass is 19.2. The van der Waals surface area contributed by atoms with Crippen LogP contribution in [0.5, 0.6) is 0 Å². The molecule has 0 saturated heterocycles. The van der Waals surface area contributed by atoms with E-state index in [1.807, 2.05) is 0 Å². The number of nitrogens with one attached hydrogen (secondary N) is 1. The fourth-order valence-electron chi connectivity index (χ4n) is 2.68. The first kappa shape index (κ1) is 14.9. The topological polar surface area (TPSA) is 49.3 Å². The molecule has 0 bridgehead atoms. The summed E-state index contributed by atoms with van der Waals surface area (Å²) in [6, 6.07) is 2.37. The van der Waals surface area contributed by atoms with Gasteiger partial charge in [-0.1, -0.05) is 31.7 Å². The Kier molecular flexibility index (Phi) is 5.06. The average molecular weight is 283 g/mol. The number of carboxylic acid groups (broad SMARTS) is 1. The maximum atomic E-state index is 13.3. The van der Waals surface area contributed by atoms with Gasteiger partial charge in [-0.3, -0.25) is 10.1 Å². The molecule has 0 spiro atoms. The summed E-state index contributed by atoms with van der Waals surface area (Å²) in [5.41, 5.74) is 0.251. The van der Waals surface area contributed by atoms with Gasteiger partial charge in [0, 0.05) is 6.04 Å².